The molecule has 2 aromatic rings. The number of benzene rings is 2. The van der Waals surface area contributed by atoms with Crippen LogP contribution in [0.25, 0.3) is 10.8 Å². The zero-order valence-electron chi connectivity index (χ0n) is 14.7. The molecule has 1 heterocycles. The number of unbranched alkanes of at least 4 members (excludes halogenated alkanes) is 1. The first-order chi connectivity index (χ1) is 12.2. The Morgan fingerprint density at radius 3 is 2.52 bits per heavy atom. The topological polar surface area (TPSA) is 32.8 Å². The summed E-state index contributed by atoms with van der Waals surface area (Å²) in [6, 6.07) is 11.5. The lowest BCUT2D eigenvalue weighted by atomic mass is 10.0. The molecule has 1 amide bonds. The highest BCUT2D eigenvalue weighted by atomic mass is 35.5. The van der Waals surface area contributed by atoms with Gasteiger partial charge in [-0.2, -0.15) is 0 Å². The van der Waals surface area contributed by atoms with Crippen LogP contribution in [0, 0.1) is 0 Å². The molecule has 134 valence electrons. The average Bonchev–Trinajstić information content (AvgIpc) is 2.65. The molecule has 3 rings (SSSR count). The van der Waals surface area contributed by atoms with E-state index in [0.29, 0.717) is 5.02 Å². The van der Waals surface area contributed by atoms with Crippen molar-refractivity contribution in [2.24, 2.45) is 0 Å². The van der Waals surface area contributed by atoms with Gasteiger partial charge in [0, 0.05) is 55.9 Å². The van der Waals surface area contributed by atoms with Crippen molar-refractivity contribution in [2.45, 2.75) is 12.8 Å². The number of carbonyl (C=O) groups is 1. The fraction of sp³-hybridized carbons (Fsp3) is 0.450. The number of hydrogen-bond donors (Lipinski definition) is 0. The van der Waals surface area contributed by atoms with Gasteiger partial charge < -0.3 is 9.64 Å². The van der Waals surface area contributed by atoms with Gasteiger partial charge in [-0.25, -0.2) is 0 Å². The number of fused-ring (bicyclic) bond motifs is 1. The molecule has 4 nitrogen and oxygen atoms in total. The molecule has 1 saturated heterocycles. The zero-order valence-corrected chi connectivity index (χ0v) is 15.5. The van der Waals surface area contributed by atoms with Crippen LogP contribution in [-0.4, -0.2) is 62.1 Å². The summed E-state index contributed by atoms with van der Waals surface area (Å²) in [5, 5.41) is 2.56. The Balaban J connectivity index is 1.63. The molecular formula is C20H25ClN2O2. The van der Waals surface area contributed by atoms with Crippen LogP contribution in [-0.2, 0) is 4.74 Å². The molecule has 0 radical (unpaired) electrons. The fourth-order valence-corrected chi connectivity index (χ4v) is 3.62. The third kappa shape index (κ3) is 4.32. The van der Waals surface area contributed by atoms with Crippen LogP contribution in [0.3, 0.4) is 0 Å². The summed E-state index contributed by atoms with van der Waals surface area (Å²) in [6.07, 6.45) is 2.23. The fourth-order valence-electron chi connectivity index (χ4n) is 3.38. The predicted molar refractivity (Wildman–Crippen MR) is 102 cm³/mol. The zero-order chi connectivity index (χ0) is 17.6. The highest BCUT2D eigenvalue weighted by Gasteiger charge is 2.23. The molecule has 0 unspecified atom stereocenters. The summed E-state index contributed by atoms with van der Waals surface area (Å²) in [6.45, 7) is 5.33. The standard InChI is InChI=1S/C20H25ClN2O2/c1-25-15-3-2-10-22-11-13-23(14-12-22)20(24)18-8-4-7-17-16(18)6-5-9-19(17)21/h4-9H,2-3,10-15H2,1H3. The second-order valence-corrected chi connectivity index (χ2v) is 6.88. The second-order valence-electron chi connectivity index (χ2n) is 6.47. The first-order valence-electron chi connectivity index (χ1n) is 8.88. The number of hydrogen-bond acceptors (Lipinski definition) is 3. The highest BCUT2D eigenvalue weighted by Crippen LogP contribution is 2.27. The molecule has 0 spiro atoms. The summed E-state index contributed by atoms with van der Waals surface area (Å²) >= 11 is 6.27. The van der Waals surface area contributed by atoms with Gasteiger partial charge in [0.25, 0.3) is 5.91 Å². The molecule has 25 heavy (non-hydrogen) atoms. The van der Waals surface area contributed by atoms with Gasteiger partial charge in [0.15, 0.2) is 0 Å². The first kappa shape index (κ1) is 18.2. The maximum absolute atomic E-state index is 13.0. The van der Waals surface area contributed by atoms with Crippen molar-refractivity contribution in [3.63, 3.8) is 0 Å². The Kier molecular flexibility index (Phi) is 6.29. The second kappa shape index (κ2) is 8.65. The summed E-state index contributed by atoms with van der Waals surface area (Å²) in [4.78, 5) is 17.4. The van der Waals surface area contributed by atoms with Crippen molar-refractivity contribution >= 4 is 28.3 Å². The lowest BCUT2D eigenvalue weighted by Gasteiger charge is -2.35. The van der Waals surface area contributed by atoms with Gasteiger partial charge in [0.05, 0.1) is 0 Å². The maximum atomic E-state index is 13.0. The maximum Gasteiger partial charge on any atom is 0.254 e. The van der Waals surface area contributed by atoms with Crippen LogP contribution in [0.15, 0.2) is 36.4 Å². The molecular weight excluding hydrogens is 336 g/mol. The number of piperazine rings is 1. The Bertz CT molecular complexity index is 727. The quantitative estimate of drug-likeness (QED) is 0.737. The van der Waals surface area contributed by atoms with E-state index in [9.17, 15) is 4.79 Å². The van der Waals surface area contributed by atoms with Crippen LogP contribution >= 0.6 is 11.6 Å². The van der Waals surface area contributed by atoms with Crippen molar-refractivity contribution in [3.05, 3.63) is 47.0 Å². The van der Waals surface area contributed by atoms with Crippen molar-refractivity contribution in [2.75, 3.05) is 46.4 Å². The van der Waals surface area contributed by atoms with Crippen LogP contribution < -0.4 is 0 Å². The van der Waals surface area contributed by atoms with Crippen LogP contribution in [0.4, 0.5) is 0 Å². The monoisotopic (exact) mass is 360 g/mol. The summed E-state index contributed by atoms with van der Waals surface area (Å²) in [7, 11) is 1.74. The van der Waals surface area contributed by atoms with Gasteiger partial charge in [-0.05, 0) is 36.9 Å². The van der Waals surface area contributed by atoms with E-state index in [4.69, 9.17) is 16.3 Å². The largest absolute Gasteiger partial charge is 0.385 e. The Labute approximate surface area is 154 Å². The number of methoxy groups -OCH3 is 1. The van der Waals surface area contributed by atoms with Gasteiger partial charge in [-0.1, -0.05) is 35.9 Å². The minimum absolute atomic E-state index is 0.104. The average molecular weight is 361 g/mol. The summed E-state index contributed by atoms with van der Waals surface area (Å²) in [5.74, 6) is 0.104. The van der Waals surface area contributed by atoms with Gasteiger partial charge in [-0.3, -0.25) is 9.69 Å². The van der Waals surface area contributed by atoms with E-state index in [-0.39, 0.29) is 5.91 Å². The molecule has 1 aliphatic heterocycles. The highest BCUT2D eigenvalue weighted by molar-refractivity contribution is 6.36. The number of nitrogens with zero attached hydrogens (tertiary/aromatic N) is 2. The Morgan fingerprint density at radius 1 is 1.04 bits per heavy atom. The van der Waals surface area contributed by atoms with Gasteiger partial charge in [0.2, 0.25) is 0 Å². The molecule has 1 aliphatic rings. The molecule has 0 aliphatic carbocycles. The lowest BCUT2D eigenvalue weighted by molar-refractivity contribution is 0.0634. The summed E-state index contributed by atoms with van der Waals surface area (Å²) in [5.41, 5.74) is 0.744. The molecule has 0 atom stereocenters. The molecule has 0 bridgehead atoms. The molecule has 5 heteroatoms. The van der Waals surface area contributed by atoms with Crippen LogP contribution in [0.2, 0.25) is 5.02 Å². The molecule has 2 aromatic carbocycles. The first-order valence-corrected chi connectivity index (χ1v) is 9.26. The minimum atomic E-state index is 0.104. The SMILES string of the molecule is COCCCCN1CCN(C(=O)c2cccc3c(Cl)cccc23)CC1. The number of amides is 1. The van der Waals surface area contributed by atoms with E-state index in [2.05, 4.69) is 4.90 Å². The van der Waals surface area contributed by atoms with E-state index in [1.54, 1.807) is 7.11 Å². The van der Waals surface area contributed by atoms with Crippen LogP contribution in [0.1, 0.15) is 23.2 Å². The van der Waals surface area contributed by atoms with Crippen molar-refractivity contribution in [3.8, 4) is 0 Å². The van der Waals surface area contributed by atoms with Crippen LogP contribution in [0.5, 0.6) is 0 Å². The number of ether oxygens (including phenoxy) is 1. The third-order valence-electron chi connectivity index (χ3n) is 4.83. The number of rotatable bonds is 6. The Hall–Kier alpha value is -1.62. The van der Waals surface area contributed by atoms with Crippen molar-refractivity contribution in [1.82, 2.24) is 9.80 Å². The van der Waals surface area contributed by atoms with Gasteiger partial charge in [-0.15, -0.1) is 0 Å². The Morgan fingerprint density at radius 2 is 1.76 bits per heavy atom. The number of carbonyl (C=O) groups excluding carboxylic acids is 1. The summed E-state index contributed by atoms with van der Waals surface area (Å²) < 4.78 is 5.09. The molecule has 0 N–H and O–H groups in total. The van der Waals surface area contributed by atoms with Gasteiger partial charge in [0.1, 0.15) is 0 Å². The molecule has 0 saturated carbocycles. The predicted octanol–water partition coefficient (Wildman–Crippen LogP) is 3.68. The number of halogens is 1. The van der Waals surface area contributed by atoms with E-state index < -0.39 is 0 Å². The van der Waals surface area contributed by atoms with Crippen molar-refractivity contribution in [1.29, 1.82) is 0 Å². The third-order valence-corrected chi connectivity index (χ3v) is 5.16. The molecule has 0 aromatic heterocycles. The van der Waals surface area contributed by atoms with Gasteiger partial charge >= 0.3 is 0 Å². The van der Waals surface area contributed by atoms with E-state index in [1.165, 1.54) is 0 Å². The van der Waals surface area contributed by atoms with Crippen molar-refractivity contribution < 1.29 is 9.53 Å². The van der Waals surface area contributed by atoms with E-state index in [1.807, 2.05) is 41.3 Å². The smallest absolute Gasteiger partial charge is 0.254 e. The molecule has 1 fully saturated rings. The normalized spacial score (nSPS) is 15.7. The minimum Gasteiger partial charge on any atom is -0.385 e. The van der Waals surface area contributed by atoms with E-state index in [0.717, 1.165) is 68.5 Å². The lowest BCUT2D eigenvalue weighted by Crippen LogP contribution is -2.48. The van der Waals surface area contributed by atoms with E-state index >= 15 is 0 Å².